The van der Waals surface area contributed by atoms with E-state index in [2.05, 4.69) is 15.6 Å². The van der Waals surface area contributed by atoms with Crippen LogP contribution in [0.2, 0.25) is 0 Å². The number of ether oxygens (including phenoxy) is 1. The summed E-state index contributed by atoms with van der Waals surface area (Å²) in [5.74, 6) is 0.0687. The van der Waals surface area contributed by atoms with Gasteiger partial charge in [0.25, 0.3) is 6.43 Å². The van der Waals surface area contributed by atoms with Crippen LogP contribution in [0.25, 0.3) is 0 Å². The van der Waals surface area contributed by atoms with Crippen molar-refractivity contribution >= 4 is 5.91 Å². The second-order valence-electron chi connectivity index (χ2n) is 4.54. The molecule has 2 N–H and O–H groups in total. The van der Waals surface area contributed by atoms with Crippen molar-refractivity contribution in [1.29, 1.82) is 0 Å². The second kappa shape index (κ2) is 7.14. The molecule has 1 amide bonds. The summed E-state index contributed by atoms with van der Waals surface area (Å²) in [6.07, 6.45) is -0.710. The van der Waals surface area contributed by atoms with Crippen molar-refractivity contribution in [2.75, 3.05) is 13.2 Å². The van der Waals surface area contributed by atoms with Crippen molar-refractivity contribution < 1.29 is 18.3 Å². The molecule has 0 spiro atoms. The zero-order valence-corrected chi connectivity index (χ0v) is 10.9. The molecule has 1 aromatic heterocycles. The number of pyridine rings is 1. The van der Waals surface area contributed by atoms with Crippen LogP contribution in [0, 0.1) is 0 Å². The number of aromatic nitrogens is 1. The van der Waals surface area contributed by atoms with E-state index in [1.54, 1.807) is 12.1 Å². The van der Waals surface area contributed by atoms with E-state index in [1.165, 1.54) is 6.07 Å². The first kappa shape index (κ1) is 14.6. The summed E-state index contributed by atoms with van der Waals surface area (Å²) in [5, 5.41) is 5.86. The van der Waals surface area contributed by atoms with Gasteiger partial charge in [-0.3, -0.25) is 4.79 Å². The predicted molar refractivity (Wildman–Crippen MR) is 68.6 cm³/mol. The maximum atomic E-state index is 12.0. The number of carbonyl (C=O) groups excluding carboxylic acids is 1. The summed E-state index contributed by atoms with van der Waals surface area (Å²) < 4.78 is 28.9. The molecule has 1 fully saturated rings. The van der Waals surface area contributed by atoms with Crippen molar-refractivity contribution in [2.45, 2.75) is 31.9 Å². The van der Waals surface area contributed by atoms with Gasteiger partial charge in [-0.2, -0.15) is 0 Å². The Morgan fingerprint density at radius 1 is 1.55 bits per heavy atom. The van der Waals surface area contributed by atoms with Crippen LogP contribution in [0.1, 0.15) is 18.5 Å². The number of alkyl halides is 2. The standard InChI is InChI=1S/C13H17F2N3O2/c14-11(15)8-20-12-5-1-3-9(18-12)7-17-13(19)10-4-2-6-16-10/h1,3,5,10-11,16H,2,4,6-8H2,(H,17,19)/t10-/m0/s1. The van der Waals surface area contributed by atoms with E-state index in [1.807, 2.05) is 0 Å². The minimum atomic E-state index is -2.53. The van der Waals surface area contributed by atoms with Crippen LogP contribution in [-0.2, 0) is 11.3 Å². The maximum Gasteiger partial charge on any atom is 0.272 e. The van der Waals surface area contributed by atoms with Gasteiger partial charge < -0.3 is 15.4 Å². The maximum absolute atomic E-state index is 12.0. The molecule has 2 rings (SSSR count). The first-order chi connectivity index (χ1) is 9.65. The summed E-state index contributed by atoms with van der Waals surface area (Å²) in [7, 11) is 0. The lowest BCUT2D eigenvalue weighted by atomic mass is 10.2. The molecule has 2 heterocycles. The Morgan fingerprint density at radius 2 is 2.40 bits per heavy atom. The fourth-order valence-electron chi connectivity index (χ4n) is 1.99. The fraction of sp³-hybridized carbons (Fsp3) is 0.538. The van der Waals surface area contributed by atoms with Gasteiger partial charge in [0.1, 0.15) is 0 Å². The first-order valence-electron chi connectivity index (χ1n) is 6.53. The fourth-order valence-corrected chi connectivity index (χ4v) is 1.99. The van der Waals surface area contributed by atoms with Crippen LogP contribution in [0.5, 0.6) is 5.88 Å². The average molecular weight is 285 g/mol. The smallest absolute Gasteiger partial charge is 0.272 e. The van der Waals surface area contributed by atoms with Crippen LogP contribution < -0.4 is 15.4 Å². The molecule has 1 aromatic rings. The highest BCUT2D eigenvalue weighted by Gasteiger charge is 2.21. The molecule has 0 aliphatic carbocycles. The van der Waals surface area contributed by atoms with E-state index in [0.717, 1.165) is 19.4 Å². The summed E-state index contributed by atoms with van der Waals surface area (Å²) in [4.78, 5) is 15.8. The van der Waals surface area contributed by atoms with E-state index < -0.39 is 13.0 Å². The number of hydrogen-bond donors (Lipinski definition) is 2. The number of hydrogen-bond acceptors (Lipinski definition) is 4. The molecule has 5 nitrogen and oxygen atoms in total. The molecule has 110 valence electrons. The highest BCUT2D eigenvalue weighted by atomic mass is 19.3. The Labute approximate surface area is 115 Å². The molecule has 1 aliphatic heterocycles. The van der Waals surface area contributed by atoms with E-state index in [-0.39, 0.29) is 24.4 Å². The molecule has 1 saturated heterocycles. The molecule has 0 bridgehead atoms. The van der Waals surface area contributed by atoms with Crippen LogP contribution >= 0.6 is 0 Å². The van der Waals surface area contributed by atoms with Gasteiger partial charge in [0, 0.05) is 6.07 Å². The number of rotatable bonds is 6. The summed E-state index contributed by atoms with van der Waals surface area (Å²) in [6, 6.07) is 4.72. The molecular weight excluding hydrogens is 268 g/mol. The summed E-state index contributed by atoms with van der Waals surface area (Å²) in [5.41, 5.74) is 0.572. The number of nitrogens with zero attached hydrogens (tertiary/aromatic N) is 1. The average Bonchev–Trinajstić information content (AvgIpc) is 2.97. The molecule has 0 aromatic carbocycles. The van der Waals surface area contributed by atoms with Crippen molar-refractivity contribution in [1.82, 2.24) is 15.6 Å². The first-order valence-corrected chi connectivity index (χ1v) is 6.53. The van der Waals surface area contributed by atoms with Crippen molar-refractivity contribution in [3.8, 4) is 5.88 Å². The lowest BCUT2D eigenvalue weighted by Gasteiger charge is -2.11. The topological polar surface area (TPSA) is 63.2 Å². The lowest BCUT2D eigenvalue weighted by Crippen LogP contribution is -2.40. The van der Waals surface area contributed by atoms with Gasteiger partial charge in [0.2, 0.25) is 11.8 Å². The van der Waals surface area contributed by atoms with Gasteiger partial charge in [0.15, 0.2) is 6.61 Å². The Morgan fingerprint density at radius 3 is 3.10 bits per heavy atom. The van der Waals surface area contributed by atoms with E-state index in [4.69, 9.17) is 4.74 Å². The third kappa shape index (κ3) is 4.41. The van der Waals surface area contributed by atoms with E-state index in [0.29, 0.717) is 5.69 Å². The van der Waals surface area contributed by atoms with Gasteiger partial charge in [-0.25, -0.2) is 13.8 Å². The van der Waals surface area contributed by atoms with Gasteiger partial charge >= 0.3 is 0 Å². The van der Waals surface area contributed by atoms with E-state index >= 15 is 0 Å². The van der Waals surface area contributed by atoms with Gasteiger partial charge in [0.05, 0.1) is 18.3 Å². The molecular formula is C13H17F2N3O2. The van der Waals surface area contributed by atoms with Crippen molar-refractivity contribution in [3.05, 3.63) is 23.9 Å². The highest BCUT2D eigenvalue weighted by molar-refractivity contribution is 5.81. The quantitative estimate of drug-likeness (QED) is 0.821. The highest BCUT2D eigenvalue weighted by Crippen LogP contribution is 2.09. The Balaban J connectivity index is 1.82. The van der Waals surface area contributed by atoms with Gasteiger partial charge in [-0.05, 0) is 25.5 Å². The monoisotopic (exact) mass is 285 g/mol. The van der Waals surface area contributed by atoms with Gasteiger partial charge in [-0.15, -0.1) is 0 Å². The molecule has 7 heteroatoms. The number of amides is 1. The van der Waals surface area contributed by atoms with E-state index in [9.17, 15) is 13.6 Å². The third-order valence-corrected chi connectivity index (χ3v) is 2.96. The number of halogens is 2. The molecule has 0 unspecified atom stereocenters. The molecule has 1 aliphatic rings. The summed E-state index contributed by atoms with van der Waals surface area (Å²) in [6.45, 7) is 0.422. The van der Waals surface area contributed by atoms with Crippen LogP contribution in [0.3, 0.4) is 0 Å². The molecule has 20 heavy (non-hydrogen) atoms. The minimum Gasteiger partial charge on any atom is -0.472 e. The minimum absolute atomic E-state index is 0.0665. The Bertz CT molecular complexity index is 451. The second-order valence-corrected chi connectivity index (χ2v) is 4.54. The zero-order chi connectivity index (χ0) is 14.4. The lowest BCUT2D eigenvalue weighted by molar-refractivity contribution is -0.122. The number of nitrogens with one attached hydrogen (secondary N) is 2. The van der Waals surface area contributed by atoms with Crippen molar-refractivity contribution in [2.24, 2.45) is 0 Å². The van der Waals surface area contributed by atoms with Crippen LogP contribution in [0.4, 0.5) is 8.78 Å². The molecule has 0 saturated carbocycles. The number of carbonyl (C=O) groups is 1. The normalized spacial score (nSPS) is 18.2. The van der Waals surface area contributed by atoms with Crippen molar-refractivity contribution in [3.63, 3.8) is 0 Å². The van der Waals surface area contributed by atoms with Crippen LogP contribution in [0.15, 0.2) is 18.2 Å². The Hall–Kier alpha value is -1.76. The Kier molecular flexibility index (Phi) is 5.23. The van der Waals surface area contributed by atoms with Gasteiger partial charge in [-0.1, -0.05) is 6.07 Å². The SMILES string of the molecule is O=C(NCc1cccc(OCC(F)F)n1)[C@@H]1CCCN1. The van der Waals surface area contributed by atoms with Crippen LogP contribution in [-0.4, -0.2) is 36.5 Å². The predicted octanol–water partition coefficient (Wildman–Crippen LogP) is 1.09. The largest absolute Gasteiger partial charge is 0.472 e. The third-order valence-electron chi connectivity index (χ3n) is 2.96. The molecule has 1 atom stereocenters. The zero-order valence-electron chi connectivity index (χ0n) is 10.9. The summed E-state index contributed by atoms with van der Waals surface area (Å²) >= 11 is 0. The molecule has 0 radical (unpaired) electrons.